The van der Waals surface area contributed by atoms with Crippen LogP contribution in [0.4, 0.5) is 0 Å². The average molecular weight is 315 g/mol. The van der Waals surface area contributed by atoms with E-state index in [1.165, 1.54) is 69.2 Å². The lowest BCUT2D eigenvalue weighted by Crippen LogP contribution is -2.29. The van der Waals surface area contributed by atoms with Crippen molar-refractivity contribution in [3.05, 3.63) is 17.5 Å². The minimum atomic E-state index is 0.236. The zero-order chi connectivity index (χ0) is 15.6. The van der Waals surface area contributed by atoms with Gasteiger partial charge < -0.3 is 5.32 Å². The molecule has 0 atom stereocenters. The van der Waals surface area contributed by atoms with Crippen LogP contribution in [0.2, 0.25) is 0 Å². The largest absolute Gasteiger partial charge is 0.354 e. The van der Waals surface area contributed by atoms with E-state index < -0.39 is 0 Å². The Labute approximate surface area is 139 Å². The molecule has 23 heavy (non-hydrogen) atoms. The van der Waals surface area contributed by atoms with Crippen LogP contribution < -0.4 is 5.32 Å². The normalized spacial score (nSPS) is 22.3. The van der Waals surface area contributed by atoms with E-state index in [0.29, 0.717) is 5.92 Å². The molecule has 1 heterocycles. The van der Waals surface area contributed by atoms with Gasteiger partial charge in [-0.2, -0.15) is 5.10 Å². The number of aromatic nitrogens is 2. The second-order valence-electron chi connectivity index (χ2n) is 7.82. The van der Waals surface area contributed by atoms with Gasteiger partial charge in [0.05, 0.1) is 12.2 Å². The molecule has 1 aromatic heterocycles. The van der Waals surface area contributed by atoms with Crippen molar-refractivity contribution in [3.8, 4) is 0 Å². The van der Waals surface area contributed by atoms with E-state index in [-0.39, 0.29) is 5.91 Å². The predicted octanol–water partition coefficient (Wildman–Crippen LogP) is 3.72. The number of hydrogen-bond donors (Lipinski definition) is 1. The molecule has 126 valence electrons. The summed E-state index contributed by atoms with van der Waals surface area (Å²) in [5.74, 6) is 2.30. The maximum absolute atomic E-state index is 12.1. The van der Waals surface area contributed by atoms with Gasteiger partial charge in [0.15, 0.2) is 0 Å². The molecule has 1 N–H and O–H groups in total. The topological polar surface area (TPSA) is 46.9 Å². The van der Waals surface area contributed by atoms with Crippen molar-refractivity contribution >= 4 is 5.91 Å². The van der Waals surface area contributed by atoms with Crippen LogP contribution in [0, 0.1) is 5.92 Å². The van der Waals surface area contributed by atoms with Gasteiger partial charge in [-0.3, -0.25) is 9.48 Å². The molecule has 1 aromatic rings. The molecule has 4 heteroatoms. The zero-order valence-corrected chi connectivity index (χ0v) is 14.1. The van der Waals surface area contributed by atoms with Crippen molar-refractivity contribution < 1.29 is 4.79 Å². The molecule has 0 saturated heterocycles. The third-order valence-electron chi connectivity index (χ3n) is 5.67. The molecular formula is C19H29N3O. The van der Waals surface area contributed by atoms with Crippen molar-refractivity contribution in [3.63, 3.8) is 0 Å². The highest BCUT2D eigenvalue weighted by atomic mass is 16.1. The van der Waals surface area contributed by atoms with Crippen LogP contribution in [-0.4, -0.2) is 22.2 Å². The molecule has 1 amide bonds. The van der Waals surface area contributed by atoms with Crippen LogP contribution in [0.5, 0.6) is 0 Å². The smallest absolute Gasteiger partial charge is 0.220 e. The molecule has 0 spiro atoms. The fourth-order valence-corrected chi connectivity index (χ4v) is 3.94. The number of carbonyl (C=O) groups excluding carboxylic acids is 1. The third kappa shape index (κ3) is 3.96. The Morgan fingerprint density at radius 3 is 2.52 bits per heavy atom. The number of nitrogens with zero attached hydrogens (tertiary/aromatic N) is 2. The minimum absolute atomic E-state index is 0.236. The highest BCUT2D eigenvalue weighted by molar-refractivity contribution is 5.76. The summed E-state index contributed by atoms with van der Waals surface area (Å²) < 4.78 is 2.17. The van der Waals surface area contributed by atoms with Gasteiger partial charge in [-0.15, -0.1) is 0 Å². The highest BCUT2D eigenvalue weighted by Crippen LogP contribution is 2.44. The zero-order valence-electron chi connectivity index (χ0n) is 14.1. The van der Waals surface area contributed by atoms with Gasteiger partial charge in [0.1, 0.15) is 0 Å². The highest BCUT2D eigenvalue weighted by Gasteiger charge is 2.32. The third-order valence-corrected chi connectivity index (χ3v) is 5.67. The molecule has 0 aromatic carbocycles. The van der Waals surface area contributed by atoms with E-state index in [9.17, 15) is 4.79 Å². The van der Waals surface area contributed by atoms with Gasteiger partial charge in [-0.1, -0.05) is 19.3 Å². The average Bonchev–Trinajstić information content (AvgIpc) is 3.47. The van der Waals surface area contributed by atoms with Crippen LogP contribution in [0.3, 0.4) is 0 Å². The molecule has 3 saturated carbocycles. The maximum atomic E-state index is 12.1. The number of amides is 1. The van der Waals surface area contributed by atoms with Gasteiger partial charge in [-0.25, -0.2) is 0 Å². The SMILES string of the molecule is O=C(CC1CCCCC1)NCCn1nc(C2CC2)cc1C1CC1. The molecule has 3 fully saturated rings. The Bertz CT molecular complexity index is 551. The van der Waals surface area contributed by atoms with E-state index in [0.717, 1.165) is 31.3 Å². The van der Waals surface area contributed by atoms with E-state index in [4.69, 9.17) is 5.10 Å². The standard InChI is InChI=1S/C19H29N3O/c23-19(12-14-4-2-1-3-5-14)20-10-11-22-18(16-8-9-16)13-17(21-22)15-6-7-15/h13-16H,1-12H2,(H,20,23). The van der Waals surface area contributed by atoms with Crippen molar-refractivity contribution in [2.75, 3.05) is 6.54 Å². The first-order valence-electron chi connectivity index (χ1n) is 9.64. The summed E-state index contributed by atoms with van der Waals surface area (Å²) in [4.78, 5) is 12.1. The van der Waals surface area contributed by atoms with Crippen molar-refractivity contribution in [2.24, 2.45) is 5.92 Å². The molecular weight excluding hydrogens is 286 g/mol. The second-order valence-corrected chi connectivity index (χ2v) is 7.82. The Morgan fingerprint density at radius 2 is 1.83 bits per heavy atom. The Kier molecular flexibility index (Phi) is 4.41. The van der Waals surface area contributed by atoms with Gasteiger partial charge >= 0.3 is 0 Å². The summed E-state index contributed by atoms with van der Waals surface area (Å²) in [6.45, 7) is 1.55. The quantitative estimate of drug-likeness (QED) is 0.833. The molecule has 0 aliphatic heterocycles. The van der Waals surface area contributed by atoms with Crippen LogP contribution in [0.1, 0.15) is 87.4 Å². The maximum Gasteiger partial charge on any atom is 0.220 e. The van der Waals surface area contributed by atoms with Gasteiger partial charge in [0.25, 0.3) is 0 Å². The molecule has 0 radical (unpaired) electrons. The van der Waals surface area contributed by atoms with Gasteiger partial charge in [0.2, 0.25) is 5.91 Å². The fraction of sp³-hybridized carbons (Fsp3) is 0.789. The number of hydrogen-bond acceptors (Lipinski definition) is 2. The van der Waals surface area contributed by atoms with E-state index >= 15 is 0 Å². The van der Waals surface area contributed by atoms with Crippen LogP contribution >= 0.6 is 0 Å². The lowest BCUT2D eigenvalue weighted by atomic mass is 9.87. The van der Waals surface area contributed by atoms with Crippen molar-refractivity contribution in [2.45, 2.75) is 82.6 Å². The van der Waals surface area contributed by atoms with E-state index in [2.05, 4.69) is 16.1 Å². The first-order chi connectivity index (χ1) is 11.3. The Balaban J connectivity index is 1.26. The summed E-state index contributed by atoms with van der Waals surface area (Å²) in [5, 5.41) is 7.93. The molecule has 3 aliphatic carbocycles. The Morgan fingerprint density at radius 1 is 1.09 bits per heavy atom. The molecule has 0 bridgehead atoms. The van der Waals surface area contributed by atoms with Gasteiger partial charge in [-0.05, 0) is 50.5 Å². The monoisotopic (exact) mass is 315 g/mol. The summed E-state index contributed by atoms with van der Waals surface area (Å²) in [5.41, 5.74) is 2.70. The van der Waals surface area contributed by atoms with Crippen LogP contribution in [0.25, 0.3) is 0 Å². The Hall–Kier alpha value is -1.32. The van der Waals surface area contributed by atoms with E-state index in [1.54, 1.807) is 0 Å². The first kappa shape index (κ1) is 15.2. The summed E-state index contributed by atoms with van der Waals surface area (Å²) in [6, 6.07) is 2.33. The van der Waals surface area contributed by atoms with Gasteiger partial charge in [0, 0.05) is 30.5 Å². The summed E-state index contributed by atoms with van der Waals surface area (Å²) in [6.07, 6.45) is 12.4. The second kappa shape index (κ2) is 6.66. The first-order valence-corrected chi connectivity index (χ1v) is 9.64. The number of nitrogens with one attached hydrogen (secondary N) is 1. The summed E-state index contributed by atoms with van der Waals surface area (Å²) >= 11 is 0. The predicted molar refractivity (Wildman–Crippen MR) is 90.4 cm³/mol. The number of rotatable bonds is 7. The lowest BCUT2D eigenvalue weighted by molar-refractivity contribution is -0.122. The molecule has 0 unspecified atom stereocenters. The number of carbonyl (C=O) groups is 1. The molecule has 3 aliphatic rings. The lowest BCUT2D eigenvalue weighted by Gasteiger charge is -2.20. The van der Waals surface area contributed by atoms with Crippen molar-refractivity contribution in [1.29, 1.82) is 0 Å². The van der Waals surface area contributed by atoms with Crippen LogP contribution in [-0.2, 0) is 11.3 Å². The van der Waals surface area contributed by atoms with Crippen molar-refractivity contribution in [1.82, 2.24) is 15.1 Å². The van der Waals surface area contributed by atoms with Crippen LogP contribution in [0.15, 0.2) is 6.07 Å². The molecule has 4 nitrogen and oxygen atoms in total. The molecule has 4 rings (SSSR count). The fourth-order valence-electron chi connectivity index (χ4n) is 3.94. The van der Waals surface area contributed by atoms with E-state index in [1.807, 2.05) is 0 Å². The summed E-state index contributed by atoms with van der Waals surface area (Å²) in [7, 11) is 0. The minimum Gasteiger partial charge on any atom is -0.354 e.